The highest BCUT2D eigenvalue weighted by atomic mass is 32.2. The maximum atomic E-state index is 12.6. The number of esters is 1. The number of sulfonamides is 1. The van der Waals surface area contributed by atoms with Crippen molar-refractivity contribution in [1.29, 1.82) is 0 Å². The van der Waals surface area contributed by atoms with E-state index in [9.17, 15) is 13.2 Å². The van der Waals surface area contributed by atoms with Gasteiger partial charge in [-0.3, -0.25) is 0 Å². The zero-order chi connectivity index (χ0) is 16.3. The second kappa shape index (κ2) is 6.80. The van der Waals surface area contributed by atoms with E-state index in [1.807, 2.05) is 14.1 Å². The third kappa shape index (κ3) is 3.68. The van der Waals surface area contributed by atoms with Crippen LogP contribution in [0.3, 0.4) is 0 Å². The Labute approximate surface area is 131 Å². The van der Waals surface area contributed by atoms with Crippen LogP contribution in [0.5, 0.6) is 0 Å². The van der Waals surface area contributed by atoms with Gasteiger partial charge in [-0.1, -0.05) is 0 Å². The highest BCUT2D eigenvalue weighted by molar-refractivity contribution is 7.89. The Morgan fingerprint density at radius 2 is 2.23 bits per heavy atom. The number of aromatic amines is 1. The molecule has 2 heterocycles. The molecule has 0 spiro atoms. The zero-order valence-corrected chi connectivity index (χ0v) is 14.0. The van der Waals surface area contributed by atoms with Crippen molar-refractivity contribution in [2.24, 2.45) is 5.92 Å². The van der Waals surface area contributed by atoms with E-state index < -0.39 is 16.0 Å². The van der Waals surface area contributed by atoms with Crippen LogP contribution in [0.15, 0.2) is 17.2 Å². The Hall–Kier alpha value is -1.38. The molecule has 0 radical (unpaired) electrons. The molecule has 124 valence electrons. The number of carbonyl (C=O) groups is 1. The minimum absolute atomic E-state index is 0.112. The van der Waals surface area contributed by atoms with Crippen LogP contribution in [0.2, 0.25) is 0 Å². The number of rotatable bonds is 6. The Kier molecular flexibility index (Phi) is 5.25. The van der Waals surface area contributed by atoms with E-state index in [1.165, 1.54) is 23.7 Å². The Morgan fingerprint density at radius 3 is 2.86 bits per heavy atom. The molecule has 8 heteroatoms. The summed E-state index contributed by atoms with van der Waals surface area (Å²) in [5.41, 5.74) is 0.143. The number of aromatic nitrogens is 1. The van der Waals surface area contributed by atoms with Gasteiger partial charge in [0, 0.05) is 19.3 Å². The van der Waals surface area contributed by atoms with Gasteiger partial charge >= 0.3 is 5.97 Å². The Morgan fingerprint density at radius 1 is 1.50 bits per heavy atom. The molecule has 0 amide bonds. The number of ether oxygens (including phenoxy) is 1. The highest BCUT2D eigenvalue weighted by Gasteiger charge is 2.33. The molecule has 0 aromatic carbocycles. The lowest BCUT2D eigenvalue weighted by Crippen LogP contribution is -2.29. The summed E-state index contributed by atoms with van der Waals surface area (Å²) in [6.45, 7) is 2.02. The van der Waals surface area contributed by atoms with Crippen molar-refractivity contribution < 1.29 is 17.9 Å². The standard InChI is InChI=1S/C14H23N3O4S/c1-16(2)6-4-11-5-7-17(10-11)22(19,20)12-8-13(15-9-12)14(18)21-3/h8-9,11,15H,4-7,10H2,1-3H3. The first-order valence-electron chi connectivity index (χ1n) is 7.26. The van der Waals surface area contributed by atoms with Gasteiger partial charge in [-0.15, -0.1) is 0 Å². The smallest absolute Gasteiger partial charge is 0.354 e. The predicted molar refractivity (Wildman–Crippen MR) is 82.2 cm³/mol. The minimum Gasteiger partial charge on any atom is -0.464 e. The first-order valence-corrected chi connectivity index (χ1v) is 8.70. The van der Waals surface area contributed by atoms with E-state index in [0.717, 1.165) is 19.4 Å². The molecule has 7 nitrogen and oxygen atoms in total. The van der Waals surface area contributed by atoms with Crippen LogP contribution in [0.4, 0.5) is 0 Å². The fourth-order valence-electron chi connectivity index (χ4n) is 2.59. The van der Waals surface area contributed by atoms with Crippen LogP contribution in [0.1, 0.15) is 23.3 Å². The number of carbonyl (C=O) groups excluding carboxylic acids is 1. The van der Waals surface area contributed by atoms with E-state index >= 15 is 0 Å². The summed E-state index contributed by atoms with van der Waals surface area (Å²) in [6, 6.07) is 1.33. The summed E-state index contributed by atoms with van der Waals surface area (Å²) < 4.78 is 31.2. The second-order valence-corrected chi connectivity index (χ2v) is 7.79. The van der Waals surface area contributed by atoms with Gasteiger partial charge in [-0.2, -0.15) is 4.31 Å². The summed E-state index contributed by atoms with van der Waals surface area (Å²) in [5, 5.41) is 0. The molecular formula is C14H23N3O4S. The monoisotopic (exact) mass is 329 g/mol. The van der Waals surface area contributed by atoms with Gasteiger partial charge < -0.3 is 14.6 Å². The van der Waals surface area contributed by atoms with E-state index in [2.05, 4.69) is 14.6 Å². The average Bonchev–Trinajstić information content (AvgIpc) is 3.13. The number of hydrogen-bond acceptors (Lipinski definition) is 5. The molecule has 0 bridgehead atoms. The fraction of sp³-hybridized carbons (Fsp3) is 0.643. The van der Waals surface area contributed by atoms with Gasteiger partial charge in [0.1, 0.15) is 10.6 Å². The largest absolute Gasteiger partial charge is 0.464 e. The molecule has 22 heavy (non-hydrogen) atoms. The fourth-order valence-corrected chi connectivity index (χ4v) is 4.12. The lowest BCUT2D eigenvalue weighted by molar-refractivity contribution is 0.0595. The molecule has 0 saturated carbocycles. The van der Waals surface area contributed by atoms with Crippen molar-refractivity contribution in [3.05, 3.63) is 18.0 Å². The summed E-state index contributed by atoms with van der Waals surface area (Å²) in [4.78, 5) is 16.3. The number of hydrogen-bond donors (Lipinski definition) is 1. The molecule has 1 aromatic rings. The topological polar surface area (TPSA) is 82.7 Å². The molecule has 1 atom stereocenters. The minimum atomic E-state index is -3.55. The number of H-pyrrole nitrogens is 1. The molecular weight excluding hydrogens is 306 g/mol. The van der Waals surface area contributed by atoms with E-state index in [-0.39, 0.29) is 10.6 Å². The van der Waals surface area contributed by atoms with Gasteiger partial charge in [0.05, 0.1) is 7.11 Å². The number of nitrogens with one attached hydrogen (secondary N) is 1. The first-order chi connectivity index (χ1) is 10.3. The molecule has 1 fully saturated rings. The van der Waals surface area contributed by atoms with Gasteiger partial charge in [-0.25, -0.2) is 13.2 Å². The molecule has 1 unspecified atom stereocenters. The van der Waals surface area contributed by atoms with Crippen LogP contribution < -0.4 is 0 Å². The van der Waals surface area contributed by atoms with Gasteiger partial charge in [0.15, 0.2) is 0 Å². The van der Waals surface area contributed by atoms with Crippen molar-refractivity contribution in [3.63, 3.8) is 0 Å². The van der Waals surface area contributed by atoms with Gasteiger partial charge in [-0.05, 0) is 45.5 Å². The van der Waals surface area contributed by atoms with Crippen molar-refractivity contribution >= 4 is 16.0 Å². The summed E-state index contributed by atoms with van der Waals surface area (Å²) in [7, 11) is 1.73. The third-order valence-electron chi connectivity index (χ3n) is 3.93. The first kappa shape index (κ1) is 17.0. The Bertz CT molecular complexity index is 624. The van der Waals surface area contributed by atoms with E-state index in [1.54, 1.807) is 0 Å². The summed E-state index contributed by atoms with van der Waals surface area (Å²) >= 11 is 0. The second-order valence-electron chi connectivity index (χ2n) is 5.85. The molecule has 2 rings (SSSR count). The van der Waals surface area contributed by atoms with Crippen LogP contribution in [0.25, 0.3) is 0 Å². The van der Waals surface area contributed by atoms with Crippen molar-refractivity contribution in [2.45, 2.75) is 17.7 Å². The van der Waals surface area contributed by atoms with Crippen LogP contribution in [0, 0.1) is 5.92 Å². The predicted octanol–water partition coefficient (Wildman–Crippen LogP) is 0.764. The Balaban J connectivity index is 2.05. The summed E-state index contributed by atoms with van der Waals surface area (Å²) in [6.07, 6.45) is 3.20. The summed E-state index contributed by atoms with van der Waals surface area (Å²) in [5.74, 6) is -0.192. The third-order valence-corrected chi connectivity index (χ3v) is 5.78. The molecule has 1 aliphatic rings. The molecule has 1 N–H and O–H groups in total. The number of nitrogens with zero attached hydrogens (tertiary/aromatic N) is 2. The van der Waals surface area contributed by atoms with Crippen LogP contribution >= 0.6 is 0 Å². The maximum absolute atomic E-state index is 12.6. The maximum Gasteiger partial charge on any atom is 0.354 e. The molecule has 1 aromatic heterocycles. The highest BCUT2D eigenvalue weighted by Crippen LogP contribution is 2.26. The lowest BCUT2D eigenvalue weighted by atomic mass is 10.1. The lowest BCUT2D eigenvalue weighted by Gasteiger charge is -2.16. The number of methoxy groups -OCH3 is 1. The molecule has 1 saturated heterocycles. The quantitative estimate of drug-likeness (QED) is 0.779. The van der Waals surface area contributed by atoms with E-state index in [0.29, 0.717) is 19.0 Å². The normalized spacial score (nSPS) is 19.7. The van der Waals surface area contributed by atoms with Gasteiger partial charge in [0.25, 0.3) is 0 Å². The van der Waals surface area contributed by atoms with Crippen molar-refractivity contribution in [1.82, 2.24) is 14.2 Å². The van der Waals surface area contributed by atoms with Gasteiger partial charge in [0.2, 0.25) is 10.0 Å². The SMILES string of the molecule is COC(=O)c1cc(S(=O)(=O)N2CCC(CCN(C)C)C2)c[nH]1. The molecule has 0 aliphatic carbocycles. The molecule has 1 aliphatic heterocycles. The van der Waals surface area contributed by atoms with E-state index in [4.69, 9.17) is 0 Å². The van der Waals surface area contributed by atoms with Crippen LogP contribution in [-0.4, -0.2) is 69.4 Å². The van der Waals surface area contributed by atoms with Crippen LogP contribution in [-0.2, 0) is 14.8 Å². The zero-order valence-electron chi connectivity index (χ0n) is 13.2. The van der Waals surface area contributed by atoms with Crippen molar-refractivity contribution in [3.8, 4) is 0 Å². The van der Waals surface area contributed by atoms with Crippen molar-refractivity contribution in [2.75, 3.05) is 40.8 Å². The average molecular weight is 329 g/mol.